The summed E-state index contributed by atoms with van der Waals surface area (Å²) < 4.78 is 19.4. The molecule has 1 aromatic heterocycles. The Bertz CT molecular complexity index is 1060. The van der Waals surface area contributed by atoms with Crippen LogP contribution in [0.3, 0.4) is 0 Å². The Morgan fingerprint density at radius 1 is 1.10 bits per heavy atom. The molecule has 2 heterocycles. The molecule has 0 N–H and O–H groups in total. The van der Waals surface area contributed by atoms with Gasteiger partial charge in [0.1, 0.15) is 23.7 Å². The zero-order valence-corrected chi connectivity index (χ0v) is 17.0. The summed E-state index contributed by atoms with van der Waals surface area (Å²) >= 11 is 0. The first kappa shape index (κ1) is 19.8. The molecule has 30 heavy (non-hydrogen) atoms. The first-order valence-corrected chi connectivity index (χ1v) is 9.88. The van der Waals surface area contributed by atoms with E-state index < -0.39 is 5.82 Å². The normalized spacial score (nSPS) is 16.4. The number of para-hydroxylation sites is 1. The molecule has 0 saturated carbocycles. The topological polar surface area (TPSA) is 58.6 Å². The molecule has 0 unspecified atom stereocenters. The number of amides is 1. The van der Waals surface area contributed by atoms with Gasteiger partial charge >= 0.3 is 0 Å². The Labute approximate surface area is 174 Å². The molecule has 1 amide bonds. The molecule has 7 heteroatoms. The molecular formula is C23H23FN4O2. The average molecular weight is 406 g/mol. The third-order valence-corrected chi connectivity index (χ3v) is 5.22. The summed E-state index contributed by atoms with van der Waals surface area (Å²) in [5, 5.41) is 0. The molecule has 3 aromatic rings. The van der Waals surface area contributed by atoms with Crippen LogP contribution in [0, 0.1) is 12.7 Å². The molecule has 0 radical (unpaired) electrons. The maximum Gasteiger partial charge on any atom is 0.254 e. The average Bonchev–Trinajstić information content (AvgIpc) is 2.75. The van der Waals surface area contributed by atoms with E-state index >= 15 is 0 Å². The molecule has 4 rings (SSSR count). The van der Waals surface area contributed by atoms with E-state index in [1.54, 1.807) is 17.0 Å². The Kier molecular flexibility index (Phi) is 5.61. The van der Waals surface area contributed by atoms with Crippen molar-refractivity contribution in [1.29, 1.82) is 0 Å². The highest BCUT2D eigenvalue weighted by atomic mass is 19.1. The van der Waals surface area contributed by atoms with E-state index in [9.17, 15) is 9.18 Å². The molecule has 1 aliphatic heterocycles. The van der Waals surface area contributed by atoms with Crippen LogP contribution in [0.2, 0.25) is 0 Å². The Hall–Kier alpha value is -3.48. The molecule has 154 valence electrons. The molecule has 1 fully saturated rings. The molecule has 2 aromatic carbocycles. The van der Waals surface area contributed by atoms with Crippen molar-refractivity contribution < 1.29 is 13.9 Å². The zero-order valence-electron chi connectivity index (χ0n) is 17.0. The summed E-state index contributed by atoms with van der Waals surface area (Å²) in [7, 11) is 0. The lowest BCUT2D eigenvalue weighted by Gasteiger charge is -2.40. The number of carbonyl (C=O) groups is 1. The van der Waals surface area contributed by atoms with Gasteiger partial charge in [0.05, 0.1) is 0 Å². The smallest absolute Gasteiger partial charge is 0.254 e. The van der Waals surface area contributed by atoms with Crippen LogP contribution in [-0.2, 0) is 0 Å². The maximum absolute atomic E-state index is 13.5. The van der Waals surface area contributed by atoms with E-state index in [-0.39, 0.29) is 11.9 Å². The Morgan fingerprint density at radius 2 is 1.93 bits per heavy atom. The van der Waals surface area contributed by atoms with Gasteiger partial charge < -0.3 is 14.5 Å². The summed E-state index contributed by atoms with van der Waals surface area (Å²) in [5.74, 6) is 1.40. The fraction of sp³-hybridized carbons (Fsp3) is 0.261. The van der Waals surface area contributed by atoms with Gasteiger partial charge in [0.2, 0.25) is 5.88 Å². The number of rotatable bonds is 4. The predicted molar refractivity (Wildman–Crippen MR) is 112 cm³/mol. The number of piperazine rings is 1. The van der Waals surface area contributed by atoms with Gasteiger partial charge in [0, 0.05) is 37.3 Å². The predicted octanol–water partition coefficient (Wildman–Crippen LogP) is 4.07. The van der Waals surface area contributed by atoms with E-state index in [1.165, 1.54) is 18.5 Å². The number of ether oxygens (including phenoxy) is 1. The summed E-state index contributed by atoms with van der Waals surface area (Å²) in [6, 6.07) is 15.3. The van der Waals surface area contributed by atoms with Gasteiger partial charge in [0.15, 0.2) is 0 Å². The van der Waals surface area contributed by atoms with Crippen molar-refractivity contribution in [3.05, 3.63) is 77.9 Å². The van der Waals surface area contributed by atoms with Crippen LogP contribution >= 0.6 is 0 Å². The van der Waals surface area contributed by atoms with Gasteiger partial charge in [-0.25, -0.2) is 14.4 Å². The van der Waals surface area contributed by atoms with Gasteiger partial charge in [-0.15, -0.1) is 0 Å². The van der Waals surface area contributed by atoms with Crippen LogP contribution in [0.5, 0.6) is 11.6 Å². The second-order valence-corrected chi connectivity index (χ2v) is 7.39. The van der Waals surface area contributed by atoms with Crippen LogP contribution in [0.25, 0.3) is 0 Å². The van der Waals surface area contributed by atoms with E-state index in [2.05, 4.69) is 14.9 Å². The molecular weight excluding hydrogens is 383 g/mol. The van der Waals surface area contributed by atoms with Crippen molar-refractivity contribution in [1.82, 2.24) is 14.9 Å². The minimum absolute atomic E-state index is 0.0507. The summed E-state index contributed by atoms with van der Waals surface area (Å²) in [4.78, 5) is 25.3. The van der Waals surface area contributed by atoms with E-state index in [1.807, 2.05) is 44.2 Å². The van der Waals surface area contributed by atoms with Gasteiger partial charge in [0.25, 0.3) is 5.91 Å². The Balaban J connectivity index is 1.45. The SMILES string of the molecule is Cc1ccccc1Oc1cc(N2CCN(C(=O)c3cccc(F)c3)[C@H](C)C2)ncn1. The molecule has 0 spiro atoms. The van der Waals surface area contributed by atoms with Gasteiger partial charge in [-0.3, -0.25) is 4.79 Å². The molecule has 1 saturated heterocycles. The van der Waals surface area contributed by atoms with Gasteiger partial charge in [-0.2, -0.15) is 0 Å². The third-order valence-electron chi connectivity index (χ3n) is 5.22. The van der Waals surface area contributed by atoms with Crippen molar-refractivity contribution in [2.24, 2.45) is 0 Å². The number of nitrogens with zero attached hydrogens (tertiary/aromatic N) is 4. The van der Waals surface area contributed by atoms with Crippen LogP contribution in [0.15, 0.2) is 60.9 Å². The third kappa shape index (κ3) is 4.25. The van der Waals surface area contributed by atoms with Crippen LogP contribution < -0.4 is 9.64 Å². The minimum atomic E-state index is -0.408. The fourth-order valence-corrected chi connectivity index (χ4v) is 3.60. The van der Waals surface area contributed by atoms with Crippen molar-refractivity contribution in [2.75, 3.05) is 24.5 Å². The number of halogens is 1. The van der Waals surface area contributed by atoms with Crippen LogP contribution in [0.4, 0.5) is 10.2 Å². The van der Waals surface area contributed by atoms with E-state index in [4.69, 9.17) is 4.74 Å². The fourth-order valence-electron chi connectivity index (χ4n) is 3.60. The molecule has 0 aliphatic carbocycles. The zero-order chi connectivity index (χ0) is 21.1. The standard InChI is InChI=1S/C23H23FN4O2/c1-16-6-3-4-9-20(16)30-22-13-21(25-15-26-22)27-10-11-28(17(2)14-27)23(29)18-7-5-8-19(24)12-18/h3-9,12-13,15,17H,10-11,14H2,1-2H3/t17-/m1/s1. The monoisotopic (exact) mass is 406 g/mol. The van der Waals surface area contributed by atoms with Crippen LogP contribution in [0.1, 0.15) is 22.8 Å². The number of aromatic nitrogens is 2. The quantitative estimate of drug-likeness (QED) is 0.654. The number of aryl methyl sites for hydroxylation is 1. The highest BCUT2D eigenvalue weighted by Gasteiger charge is 2.29. The molecule has 6 nitrogen and oxygen atoms in total. The number of hydrogen-bond donors (Lipinski definition) is 0. The number of benzene rings is 2. The second kappa shape index (κ2) is 8.49. The summed E-state index contributed by atoms with van der Waals surface area (Å²) in [6.45, 7) is 5.71. The number of anilines is 1. The van der Waals surface area contributed by atoms with Crippen molar-refractivity contribution >= 4 is 11.7 Å². The van der Waals surface area contributed by atoms with E-state index in [0.29, 0.717) is 31.1 Å². The van der Waals surface area contributed by atoms with Crippen molar-refractivity contribution in [3.63, 3.8) is 0 Å². The summed E-state index contributed by atoms with van der Waals surface area (Å²) in [6.07, 6.45) is 1.48. The largest absolute Gasteiger partial charge is 0.439 e. The van der Waals surface area contributed by atoms with E-state index in [0.717, 1.165) is 17.1 Å². The highest BCUT2D eigenvalue weighted by Crippen LogP contribution is 2.26. The molecule has 1 aliphatic rings. The lowest BCUT2D eigenvalue weighted by Crippen LogP contribution is -2.54. The van der Waals surface area contributed by atoms with Crippen molar-refractivity contribution in [3.8, 4) is 11.6 Å². The van der Waals surface area contributed by atoms with Crippen molar-refractivity contribution in [2.45, 2.75) is 19.9 Å². The lowest BCUT2D eigenvalue weighted by atomic mass is 10.1. The van der Waals surface area contributed by atoms with Crippen LogP contribution in [-0.4, -0.2) is 46.5 Å². The molecule has 0 bridgehead atoms. The number of carbonyl (C=O) groups excluding carboxylic acids is 1. The van der Waals surface area contributed by atoms with Gasteiger partial charge in [-0.1, -0.05) is 24.3 Å². The second-order valence-electron chi connectivity index (χ2n) is 7.39. The number of hydrogen-bond acceptors (Lipinski definition) is 5. The highest BCUT2D eigenvalue weighted by molar-refractivity contribution is 5.94. The first-order valence-electron chi connectivity index (χ1n) is 9.88. The summed E-state index contributed by atoms with van der Waals surface area (Å²) in [5.41, 5.74) is 1.39. The minimum Gasteiger partial charge on any atom is -0.439 e. The molecule has 1 atom stereocenters. The lowest BCUT2D eigenvalue weighted by molar-refractivity contribution is 0.0673. The Morgan fingerprint density at radius 3 is 2.70 bits per heavy atom. The maximum atomic E-state index is 13.5. The van der Waals surface area contributed by atoms with Gasteiger partial charge in [-0.05, 0) is 43.7 Å². The first-order chi connectivity index (χ1) is 14.5.